The second-order valence-electron chi connectivity index (χ2n) is 18.8. The molecule has 2 amide bonds. The van der Waals surface area contributed by atoms with Gasteiger partial charge in [-0.1, -0.05) is 230 Å². The minimum atomic E-state index is -2.69. The fourth-order valence-electron chi connectivity index (χ4n) is 10.2. The molecule has 5 aromatic carbocycles. The number of fused-ring (bicyclic) bond motifs is 3. The van der Waals surface area contributed by atoms with Crippen LogP contribution in [0.2, 0.25) is 16.6 Å². The summed E-state index contributed by atoms with van der Waals surface area (Å²) in [5.41, 5.74) is 7.85. The maximum atomic E-state index is 15.3. The van der Waals surface area contributed by atoms with Crippen molar-refractivity contribution in [2.24, 2.45) is 5.92 Å². The third-order valence-corrected chi connectivity index (χ3v) is 21.3. The molecule has 6 rings (SSSR count). The van der Waals surface area contributed by atoms with Crippen molar-refractivity contribution in [3.63, 3.8) is 0 Å². The van der Waals surface area contributed by atoms with Gasteiger partial charge in [0, 0.05) is 11.7 Å². The van der Waals surface area contributed by atoms with Gasteiger partial charge in [-0.15, -0.1) is 11.8 Å². The molecule has 5 aromatic rings. The van der Waals surface area contributed by atoms with Crippen molar-refractivity contribution >= 4 is 72.9 Å². The van der Waals surface area contributed by atoms with Gasteiger partial charge in [0.2, 0.25) is 18.0 Å². The Hall–Kier alpha value is -4.29. The second kappa shape index (κ2) is 23.5. The number of ether oxygens (including phenoxy) is 2. The maximum absolute atomic E-state index is 15.3. The van der Waals surface area contributed by atoms with Gasteiger partial charge < -0.3 is 24.5 Å². The van der Waals surface area contributed by atoms with Gasteiger partial charge in [0.1, 0.15) is 19.3 Å². The van der Waals surface area contributed by atoms with Crippen molar-refractivity contribution < 1.29 is 28.3 Å². The van der Waals surface area contributed by atoms with E-state index in [1.54, 1.807) is 11.8 Å². The first kappa shape index (κ1) is 53.1. The van der Waals surface area contributed by atoms with E-state index in [4.69, 9.17) is 48.7 Å². The molecule has 0 fully saturated rings. The van der Waals surface area contributed by atoms with E-state index >= 15 is 4.79 Å². The molecule has 0 saturated heterocycles. The third-order valence-electron chi connectivity index (χ3n) is 13.2. The van der Waals surface area contributed by atoms with Gasteiger partial charge >= 0.3 is 12.1 Å². The average molecular weight is 1020 g/mol. The topological polar surface area (TPSA) is 103 Å². The number of benzene rings is 5. The largest absolute Gasteiger partial charge is 0.461 e. The first-order chi connectivity index (χ1) is 32.4. The van der Waals surface area contributed by atoms with E-state index in [9.17, 15) is 9.59 Å². The van der Waals surface area contributed by atoms with Crippen LogP contribution in [-0.2, 0) is 28.2 Å². The zero-order valence-electron chi connectivity index (χ0n) is 40.2. The molecule has 1 aliphatic carbocycles. The van der Waals surface area contributed by atoms with E-state index in [0.29, 0.717) is 0 Å². The summed E-state index contributed by atoms with van der Waals surface area (Å²) in [4.78, 5) is 43.3. The Balaban J connectivity index is 1.38. The van der Waals surface area contributed by atoms with Crippen molar-refractivity contribution in [2.75, 3.05) is 19.0 Å². The molecule has 8 nitrogen and oxygen atoms in total. The molecule has 0 aromatic heterocycles. The first-order valence-corrected chi connectivity index (χ1v) is 27.8. The molecule has 0 aliphatic heterocycles. The van der Waals surface area contributed by atoms with Gasteiger partial charge in [0.25, 0.3) is 0 Å². The van der Waals surface area contributed by atoms with Crippen LogP contribution in [0.15, 0.2) is 140 Å². The van der Waals surface area contributed by atoms with Crippen LogP contribution in [0.4, 0.5) is 4.79 Å². The summed E-state index contributed by atoms with van der Waals surface area (Å²) in [5.74, 6) is -1.38. The number of nitrogens with one attached hydrogen (secondary N) is 2. The molecule has 3 atom stereocenters. The van der Waals surface area contributed by atoms with Crippen molar-refractivity contribution in [1.29, 1.82) is 0 Å². The minimum Gasteiger partial charge on any atom is -0.461 e. The Kier molecular flexibility index (Phi) is 18.4. The first-order valence-electron chi connectivity index (χ1n) is 23.5. The Labute approximate surface area is 423 Å². The van der Waals surface area contributed by atoms with E-state index in [0.717, 1.165) is 38.9 Å². The van der Waals surface area contributed by atoms with Crippen LogP contribution in [0.1, 0.15) is 95.5 Å². The summed E-state index contributed by atoms with van der Waals surface area (Å²) >= 11 is 19.6. The molecule has 0 bridgehead atoms. The SMILES string of the molecule is CC(C)[C@@H](NC(=O)[C@@H](CSC(c1ccccc1)(c1ccccc1)c1ccccc1)NC(=O)OCC1c2ccccc2-c2ccccc21)[C@H](CC(=O)OCC(Cl)(Cl)Cl)O[Si](C(C)C)(C(C)C)C(C)C. The summed E-state index contributed by atoms with van der Waals surface area (Å²) in [6.45, 7) is 16.6. The summed E-state index contributed by atoms with van der Waals surface area (Å²) in [6, 6.07) is 45.0. The van der Waals surface area contributed by atoms with Gasteiger partial charge in [-0.3, -0.25) is 9.59 Å². The third kappa shape index (κ3) is 12.3. The number of halogens is 3. The summed E-state index contributed by atoms with van der Waals surface area (Å²) in [5, 5.41) is 6.32. The molecule has 0 radical (unpaired) electrons. The molecule has 0 saturated carbocycles. The second-order valence-corrected chi connectivity index (χ2v) is 28.0. The molecular weight excluding hydrogens is 951 g/mol. The zero-order chi connectivity index (χ0) is 49.2. The summed E-state index contributed by atoms with van der Waals surface area (Å²) in [7, 11) is -2.69. The van der Waals surface area contributed by atoms with Gasteiger partial charge in [-0.2, -0.15) is 0 Å². The fraction of sp³-hybridized carbons (Fsp3) is 0.400. The monoisotopic (exact) mass is 1010 g/mol. The highest BCUT2D eigenvalue weighted by Crippen LogP contribution is 2.49. The van der Waals surface area contributed by atoms with Crippen LogP contribution in [0.3, 0.4) is 0 Å². The molecular formula is C55H65Cl3N2O6SSi. The Morgan fingerprint density at radius 1 is 0.618 bits per heavy atom. The zero-order valence-corrected chi connectivity index (χ0v) is 44.3. The lowest BCUT2D eigenvalue weighted by molar-refractivity contribution is -0.146. The average Bonchev–Trinajstić information content (AvgIpc) is 3.64. The van der Waals surface area contributed by atoms with Crippen LogP contribution < -0.4 is 10.6 Å². The highest BCUT2D eigenvalue weighted by Gasteiger charge is 2.49. The standard InChI is InChI=1S/C55H65Cl3N2O6SSi/c1-36(2)51(49(32-50(61)65-35-54(56,57)58)66-68(37(3)4,38(5)6)39(7)8)60-52(62)48(59-53(63)64-33-47-45-30-20-18-28-43(45)44-29-19-21-31-46(44)47)34-67-55(40-22-12-9-13-23-40,41-24-14-10-15-25-41)42-26-16-11-17-27-42/h9-31,36-39,47-49,51H,32-35H2,1-8H3,(H,59,63)(H,60,62)/t48-,49+,51-/m1/s1. The number of hydrogen-bond acceptors (Lipinski definition) is 7. The minimum absolute atomic E-state index is 0.0660. The molecule has 13 heteroatoms. The van der Waals surface area contributed by atoms with E-state index in [1.807, 2.05) is 92.7 Å². The van der Waals surface area contributed by atoms with E-state index in [-0.39, 0.29) is 47.2 Å². The molecule has 2 N–H and O–H groups in total. The molecule has 1 aliphatic rings. The van der Waals surface area contributed by atoms with E-state index in [2.05, 4.69) is 113 Å². The summed E-state index contributed by atoms with van der Waals surface area (Å²) in [6.07, 6.45) is -1.75. The molecule has 362 valence electrons. The number of carbonyl (C=O) groups excluding carboxylic acids is 3. The number of thioether (sulfide) groups is 1. The summed E-state index contributed by atoms with van der Waals surface area (Å²) < 4.78 is 16.3. The number of esters is 1. The van der Waals surface area contributed by atoms with Gasteiger partial charge in [-0.25, -0.2) is 4.79 Å². The lowest BCUT2D eigenvalue weighted by Crippen LogP contribution is -2.59. The Bertz CT molecular complexity index is 2270. The predicted molar refractivity (Wildman–Crippen MR) is 282 cm³/mol. The van der Waals surface area contributed by atoms with E-state index in [1.165, 1.54) is 0 Å². The number of amides is 2. The van der Waals surface area contributed by atoms with Crippen LogP contribution in [0, 0.1) is 5.92 Å². The molecule has 0 heterocycles. The number of alkyl halides is 3. The van der Waals surface area contributed by atoms with Crippen molar-refractivity contribution in [3.8, 4) is 11.1 Å². The number of rotatable bonds is 21. The molecule has 68 heavy (non-hydrogen) atoms. The van der Waals surface area contributed by atoms with Crippen LogP contribution >= 0.6 is 46.6 Å². The van der Waals surface area contributed by atoms with Crippen molar-refractivity contribution in [1.82, 2.24) is 10.6 Å². The number of carbonyl (C=O) groups is 3. The maximum Gasteiger partial charge on any atom is 0.407 e. The van der Waals surface area contributed by atoms with Crippen LogP contribution in [0.5, 0.6) is 0 Å². The van der Waals surface area contributed by atoms with Crippen LogP contribution in [-0.4, -0.2) is 67.2 Å². The Morgan fingerprint density at radius 3 is 1.49 bits per heavy atom. The predicted octanol–water partition coefficient (Wildman–Crippen LogP) is 13.6. The highest BCUT2D eigenvalue weighted by atomic mass is 35.6. The Morgan fingerprint density at radius 2 is 1.06 bits per heavy atom. The van der Waals surface area contributed by atoms with E-state index < -0.39 is 59.6 Å². The van der Waals surface area contributed by atoms with Gasteiger partial charge in [-0.05, 0) is 61.5 Å². The quantitative estimate of drug-likeness (QED) is 0.0327. The molecule has 0 spiro atoms. The van der Waals surface area contributed by atoms with Crippen LogP contribution in [0.25, 0.3) is 11.1 Å². The smallest absolute Gasteiger partial charge is 0.407 e. The number of alkyl carbamates (subject to hydrolysis) is 1. The molecule has 0 unspecified atom stereocenters. The van der Waals surface area contributed by atoms with Crippen molar-refractivity contribution in [2.45, 2.75) is 111 Å². The lowest BCUT2D eigenvalue weighted by atomic mass is 9.84. The van der Waals surface area contributed by atoms with Gasteiger partial charge in [0.15, 0.2) is 0 Å². The van der Waals surface area contributed by atoms with Gasteiger partial charge in [0.05, 0.1) is 23.3 Å². The normalized spacial score (nSPS) is 14.3. The fourth-order valence-corrected chi connectivity index (χ4v) is 17.5. The lowest BCUT2D eigenvalue weighted by Gasteiger charge is -2.46. The highest BCUT2D eigenvalue weighted by molar-refractivity contribution is 8.00. The number of hydrogen-bond donors (Lipinski definition) is 2. The van der Waals surface area contributed by atoms with Crippen molar-refractivity contribution in [3.05, 3.63) is 167 Å².